The van der Waals surface area contributed by atoms with Gasteiger partial charge in [-0.05, 0) is 57.1 Å². The quantitative estimate of drug-likeness (QED) is 0.731. The number of carboxylic acid groups (broad SMARTS) is 1. The molecule has 2 aromatic rings. The van der Waals surface area contributed by atoms with Crippen LogP contribution in [0.25, 0.3) is 0 Å². The molecule has 0 saturated heterocycles. The van der Waals surface area contributed by atoms with E-state index in [9.17, 15) is 9.59 Å². The molecule has 2 aromatic heterocycles. The second-order valence-electron chi connectivity index (χ2n) is 7.12. The Balaban J connectivity index is 0.000000202. The van der Waals surface area contributed by atoms with Crippen LogP contribution in [0.2, 0.25) is 0 Å². The van der Waals surface area contributed by atoms with Crippen LogP contribution in [-0.2, 0) is 30.7 Å². The van der Waals surface area contributed by atoms with Gasteiger partial charge in [0.15, 0.2) is 0 Å². The van der Waals surface area contributed by atoms with E-state index in [1.54, 1.807) is 17.4 Å². The van der Waals surface area contributed by atoms with Gasteiger partial charge in [-0.15, -0.1) is 22.7 Å². The maximum atomic E-state index is 11.5. The molecular formula is C21H30N2O4S2. The summed E-state index contributed by atoms with van der Waals surface area (Å²) in [5, 5.41) is 8.80. The summed E-state index contributed by atoms with van der Waals surface area (Å²) < 4.78 is 4.99. The van der Waals surface area contributed by atoms with Crippen molar-refractivity contribution in [3.63, 3.8) is 0 Å². The number of nitrogens with zero attached hydrogens (tertiary/aromatic N) is 2. The van der Waals surface area contributed by atoms with Crippen LogP contribution in [0.1, 0.15) is 54.6 Å². The molecule has 0 atom stereocenters. The van der Waals surface area contributed by atoms with Crippen LogP contribution in [0.15, 0.2) is 12.1 Å². The molecule has 4 heterocycles. The summed E-state index contributed by atoms with van der Waals surface area (Å²) in [5.41, 5.74) is 2.48. The summed E-state index contributed by atoms with van der Waals surface area (Å²) in [5.74, 6) is -0.985. The zero-order chi connectivity index (χ0) is 20.3. The topological polar surface area (TPSA) is 70.1 Å². The molecule has 6 nitrogen and oxygen atoms in total. The van der Waals surface area contributed by atoms with Gasteiger partial charge in [0.05, 0.1) is 6.61 Å². The highest BCUT2D eigenvalue weighted by Crippen LogP contribution is 2.28. The van der Waals surface area contributed by atoms with E-state index in [0.717, 1.165) is 43.9 Å². The van der Waals surface area contributed by atoms with Crippen molar-refractivity contribution in [3.8, 4) is 0 Å². The van der Waals surface area contributed by atoms with E-state index in [2.05, 4.69) is 23.9 Å². The first-order chi connectivity index (χ1) is 13.4. The molecule has 0 spiro atoms. The van der Waals surface area contributed by atoms with Crippen LogP contribution in [0.4, 0.5) is 0 Å². The number of esters is 1. The number of likely N-dealkylation sites (N-methyl/N-ethyl adjacent to an activating group) is 2. The fraction of sp³-hybridized carbons (Fsp3) is 0.524. The van der Waals surface area contributed by atoms with Crippen LogP contribution < -0.4 is 0 Å². The van der Waals surface area contributed by atoms with Crippen molar-refractivity contribution in [2.45, 2.75) is 40.3 Å². The molecule has 0 unspecified atom stereocenters. The molecule has 0 bridgehead atoms. The lowest BCUT2D eigenvalue weighted by Gasteiger charge is -2.21. The highest BCUT2D eigenvalue weighted by Gasteiger charge is 2.20. The Kier molecular flexibility index (Phi) is 8.39. The number of thiophene rings is 2. The van der Waals surface area contributed by atoms with E-state index in [1.807, 2.05) is 13.0 Å². The molecule has 2 aliphatic rings. The lowest BCUT2D eigenvalue weighted by Crippen LogP contribution is -2.25. The average molecular weight is 439 g/mol. The Morgan fingerprint density at radius 2 is 1.48 bits per heavy atom. The average Bonchev–Trinajstić information content (AvgIpc) is 3.25. The zero-order valence-corrected chi connectivity index (χ0v) is 18.1. The van der Waals surface area contributed by atoms with Crippen molar-refractivity contribution in [3.05, 3.63) is 42.8 Å². The molecule has 0 saturated carbocycles. The van der Waals surface area contributed by atoms with Crippen molar-refractivity contribution < 1.29 is 19.4 Å². The Labute approximate surface area is 180 Å². The van der Waals surface area contributed by atoms with E-state index < -0.39 is 5.97 Å². The number of hydrogen-bond acceptors (Lipinski definition) is 7. The van der Waals surface area contributed by atoms with Gasteiger partial charge in [-0.3, -0.25) is 0 Å². The molecule has 160 valence electrons. The standard InChI is InChI=1S/C11H15NO2S.C9H11NO2S.CH4/c1-3-14-11(13)10-6-8-7-12(2)5-4-9(8)15-10;1-10-3-2-7-6(5-10)4-8(13-7)9(11)12;/h6H,3-5,7H2,1-2H3;4H,2-3,5H2,1H3,(H,11,12);1H4. The summed E-state index contributed by atoms with van der Waals surface area (Å²) in [6.45, 7) is 6.23. The lowest BCUT2D eigenvalue weighted by atomic mass is 10.1. The number of carbonyl (C=O) groups excluding carboxylic acids is 1. The molecule has 4 rings (SSSR count). The first kappa shape index (κ1) is 23.5. The molecule has 8 heteroatoms. The van der Waals surface area contributed by atoms with Crippen molar-refractivity contribution in [2.24, 2.45) is 0 Å². The Hall–Kier alpha value is -1.74. The first-order valence-electron chi connectivity index (χ1n) is 9.38. The molecule has 0 aromatic carbocycles. The Morgan fingerprint density at radius 3 is 1.97 bits per heavy atom. The zero-order valence-electron chi connectivity index (χ0n) is 16.5. The number of carboxylic acids is 1. The van der Waals surface area contributed by atoms with Gasteiger partial charge in [-0.25, -0.2) is 9.59 Å². The SMILES string of the molecule is C.CCOC(=O)c1cc2c(s1)CCN(C)C2.CN1CCc2sc(C(=O)O)cc2C1. The van der Waals surface area contributed by atoms with Gasteiger partial charge in [0, 0.05) is 35.9 Å². The van der Waals surface area contributed by atoms with Gasteiger partial charge in [-0.1, -0.05) is 7.43 Å². The minimum atomic E-state index is -0.804. The second kappa shape index (κ2) is 10.3. The Morgan fingerprint density at radius 1 is 1.00 bits per heavy atom. The van der Waals surface area contributed by atoms with E-state index in [0.29, 0.717) is 11.5 Å². The van der Waals surface area contributed by atoms with E-state index in [-0.39, 0.29) is 13.4 Å². The second-order valence-corrected chi connectivity index (χ2v) is 9.39. The number of fused-ring (bicyclic) bond motifs is 2. The van der Waals surface area contributed by atoms with Crippen LogP contribution in [0.5, 0.6) is 0 Å². The third-order valence-electron chi connectivity index (χ3n) is 4.80. The molecular weight excluding hydrogens is 408 g/mol. The molecule has 0 radical (unpaired) electrons. The van der Waals surface area contributed by atoms with Gasteiger partial charge in [0.2, 0.25) is 0 Å². The minimum Gasteiger partial charge on any atom is -0.477 e. The smallest absolute Gasteiger partial charge is 0.348 e. The predicted molar refractivity (Wildman–Crippen MR) is 118 cm³/mol. The van der Waals surface area contributed by atoms with Gasteiger partial charge < -0.3 is 19.6 Å². The summed E-state index contributed by atoms with van der Waals surface area (Å²) >= 11 is 3.00. The summed E-state index contributed by atoms with van der Waals surface area (Å²) in [4.78, 5) is 30.5. The molecule has 0 aliphatic carbocycles. The normalized spacial score (nSPS) is 16.0. The van der Waals surface area contributed by atoms with E-state index in [1.165, 1.54) is 32.2 Å². The van der Waals surface area contributed by atoms with Gasteiger partial charge in [-0.2, -0.15) is 0 Å². The summed E-state index contributed by atoms with van der Waals surface area (Å²) in [7, 11) is 4.16. The van der Waals surface area contributed by atoms with Crippen molar-refractivity contribution >= 4 is 34.6 Å². The fourth-order valence-corrected chi connectivity index (χ4v) is 5.42. The third kappa shape index (κ3) is 5.88. The molecule has 29 heavy (non-hydrogen) atoms. The molecule has 0 amide bonds. The van der Waals surface area contributed by atoms with E-state index >= 15 is 0 Å². The van der Waals surface area contributed by atoms with E-state index in [4.69, 9.17) is 9.84 Å². The van der Waals surface area contributed by atoms with Gasteiger partial charge in [0.1, 0.15) is 9.75 Å². The highest BCUT2D eigenvalue weighted by atomic mass is 32.1. The molecule has 0 fully saturated rings. The van der Waals surface area contributed by atoms with Crippen LogP contribution in [0, 0.1) is 0 Å². The van der Waals surface area contributed by atoms with Crippen molar-refractivity contribution in [2.75, 3.05) is 33.8 Å². The van der Waals surface area contributed by atoms with Crippen molar-refractivity contribution in [1.29, 1.82) is 0 Å². The summed E-state index contributed by atoms with van der Waals surface area (Å²) in [6, 6.07) is 3.78. The predicted octanol–water partition coefficient (Wildman–Crippen LogP) is 3.98. The number of aromatic carboxylic acids is 1. The van der Waals surface area contributed by atoms with Crippen LogP contribution in [0.3, 0.4) is 0 Å². The third-order valence-corrected chi connectivity index (χ3v) is 7.24. The maximum Gasteiger partial charge on any atom is 0.348 e. The number of hydrogen-bond donors (Lipinski definition) is 1. The number of rotatable bonds is 3. The Bertz CT molecular complexity index is 859. The minimum absolute atomic E-state index is 0. The lowest BCUT2D eigenvalue weighted by molar-refractivity contribution is 0.0531. The number of carbonyl (C=O) groups is 2. The van der Waals surface area contributed by atoms with Gasteiger partial charge in [0.25, 0.3) is 0 Å². The fourth-order valence-electron chi connectivity index (χ4n) is 3.36. The van der Waals surface area contributed by atoms with Crippen LogP contribution >= 0.6 is 22.7 Å². The largest absolute Gasteiger partial charge is 0.477 e. The maximum absolute atomic E-state index is 11.5. The first-order valence-corrected chi connectivity index (χ1v) is 11.0. The summed E-state index contributed by atoms with van der Waals surface area (Å²) in [6.07, 6.45) is 2.04. The van der Waals surface area contributed by atoms with Gasteiger partial charge >= 0.3 is 11.9 Å². The number of ether oxygens (including phenoxy) is 1. The molecule has 2 aliphatic heterocycles. The molecule has 1 N–H and O–H groups in total. The monoisotopic (exact) mass is 438 g/mol. The van der Waals surface area contributed by atoms with Crippen LogP contribution in [-0.4, -0.2) is 60.6 Å². The highest BCUT2D eigenvalue weighted by molar-refractivity contribution is 7.14. The van der Waals surface area contributed by atoms with Crippen molar-refractivity contribution in [1.82, 2.24) is 9.80 Å².